The van der Waals surface area contributed by atoms with Gasteiger partial charge in [0.1, 0.15) is 5.82 Å². The molecule has 11 heteroatoms. The molecule has 4 rings (SSSR count). The van der Waals surface area contributed by atoms with Gasteiger partial charge in [0.05, 0.1) is 24.9 Å². The predicted octanol–water partition coefficient (Wildman–Crippen LogP) is 1.71. The summed E-state index contributed by atoms with van der Waals surface area (Å²) in [5.41, 5.74) is 4.69. The number of anilines is 2. The number of fused-ring (bicyclic) bond motifs is 1. The molecule has 10 nitrogen and oxygen atoms in total. The predicted molar refractivity (Wildman–Crippen MR) is 123 cm³/mol. The van der Waals surface area contributed by atoms with Crippen LogP contribution >= 0.6 is 0 Å². The van der Waals surface area contributed by atoms with Crippen molar-refractivity contribution in [2.45, 2.75) is 6.54 Å². The molecule has 0 bridgehead atoms. The van der Waals surface area contributed by atoms with Gasteiger partial charge in [0.25, 0.3) is 0 Å². The third-order valence-corrected chi connectivity index (χ3v) is 5.78. The summed E-state index contributed by atoms with van der Waals surface area (Å²) in [6.45, 7) is 3.03. The number of carbonyl (C=O) groups excluding carboxylic acids is 1. The van der Waals surface area contributed by atoms with Crippen LogP contribution in [0.25, 0.3) is 22.0 Å². The molecule has 3 N–H and O–H groups in total. The van der Waals surface area contributed by atoms with Crippen molar-refractivity contribution in [3.05, 3.63) is 42.2 Å². The fraction of sp³-hybridized carbons (Fsp3) is 0.333. The average molecular weight is 458 g/mol. The van der Waals surface area contributed by atoms with Gasteiger partial charge in [-0.15, -0.1) is 0 Å². The Hall–Kier alpha value is -2.99. The van der Waals surface area contributed by atoms with E-state index < -0.39 is 11.3 Å². The molecule has 170 valence electrons. The first-order chi connectivity index (χ1) is 15.4. The van der Waals surface area contributed by atoms with Crippen molar-refractivity contribution in [1.82, 2.24) is 19.6 Å². The minimum Gasteiger partial charge on any atom is -0.760 e. The molecule has 1 aliphatic heterocycles. The molecule has 0 radical (unpaired) electrons. The zero-order valence-electron chi connectivity index (χ0n) is 17.9. The van der Waals surface area contributed by atoms with Crippen molar-refractivity contribution in [1.29, 1.82) is 0 Å². The van der Waals surface area contributed by atoms with E-state index in [0.29, 0.717) is 19.0 Å². The number of hydrogen-bond donors (Lipinski definition) is 3. The number of aromatic nitrogens is 2. The van der Waals surface area contributed by atoms with Crippen molar-refractivity contribution in [2.75, 3.05) is 43.6 Å². The number of nitrogens with one attached hydrogen (secondary N) is 3. The van der Waals surface area contributed by atoms with Crippen LogP contribution in [0.1, 0.15) is 5.56 Å². The van der Waals surface area contributed by atoms with Crippen molar-refractivity contribution < 1.29 is 18.3 Å². The zero-order valence-corrected chi connectivity index (χ0v) is 18.7. The van der Waals surface area contributed by atoms with E-state index in [4.69, 9.17) is 4.74 Å². The van der Waals surface area contributed by atoms with Crippen LogP contribution in [-0.4, -0.2) is 57.7 Å². The lowest BCUT2D eigenvalue weighted by Crippen LogP contribution is -2.36. The standard InChI is InChI=1S/C21H26N6O4S/c1-22-21(28)25-20-10-17-18(13-26(2)19(17)12-23-20)15-7-14(11-24-32(29)30)8-16(9-15)27-3-5-31-6-4-27/h7-10,12-13,24H,3-6,11H2,1-2H3,(H,29,30)(H2,22,23,25,28)/p-1. The Morgan fingerprint density at radius 1 is 1.25 bits per heavy atom. The third-order valence-electron chi connectivity index (χ3n) is 5.40. The quantitative estimate of drug-likeness (QED) is 0.484. The Bertz CT molecular complexity index is 1160. The number of nitrogens with zero attached hydrogens (tertiary/aromatic N) is 3. The van der Waals surface area contributed by atoms with Crippen LogP contribution < -0.4 is 20.3 Å². The van der Waals surface area contributed by atoms with Crippen LogP contribution in [-0.2, 0) is 29.6 Å². The number of hydrogen-bond acceptors (Lipinski definition) is 6. The van der Waals surface area contributed by atoms with Crippen molar-refractivity contribution >= 4 is 39.7 Å². The van der Waals surface area contributed by atoms with E-state index in [-0.39, 0.29) is 12.6 Å². The summed E-state index contributed by atoms with van der Waals surface area (Å²) in [6.07, 6.45) is 3.73. The maximum absolute atomic E-state index is 11.7. The average Bonchev–Trinajstić information content (AvgIpc) is 3.13. The lowest BCUT2D eigenvalue weighted by Gasteiger charge is -2.29. The van der Waals surface area contributed by atoms with E-state index in [1.54, 1.807) is 13.2 Å². The molecule has 0 aliphatic carbocycles. The number of pyridine rings is 1. The summed E-state index contributed by atoms with van der Waals surface area (Å²) >= 11 is -2.35. The fourth-order valence-corrected chi connectivity index (χ4v) is 4.12. The maximum atomic E-state index is 11.7. The number of carbonyl (C=O) groups is 1. The van der Waals surface area contributed by atoms with Gasteiger partial charge in [0.15, 0.2) is 0 Å². The van der Waals surface area contributed by atoms with E-state index in [1.807, 2.05) is 36.0 Å². The highest BCUT2D eigenvalue weighted by Gasteiger charge is 2.16. The normalized spacial score (nSPS) is 15.0. The number of ether oxygens (including phenoxy) is 1. The Morgan fingerprint density at radius 3 is 2.75 bits per heavy atom. The molecule has 1 aliphatic rings. The van der Waals surface area contributed by atoms with E-state index in [2.05, 4.69) is 31.3 Å². The van der Waals surface area contributed by atoms with Gasteiger partial charge >= 0.3 is 6.03 Å². The number of aryl methyl sites for hydroxylation is 1. The minimum absolute atomic E-state index is 0.192. The molecule has 3 aromatic rings. The van der Waals surface area contributed by atoms with Crippen LogP contribution in [0, 0.1) is 0 Å². The maximum Gasteiger partial charge on any atom is 0.320 e. The molecule has 2 aromatic heterocycles. The first-order valence-corrected chi connectivity index (χ1v) is 11.3. The van der Waals surface area contributed by atoms with Crippen molar-refractivity contribution in [3.63, 3.8) is 0 Å². The zero-order chi connectivity index (χ0) is 22.7. The SMILES string of the molecule is CNC(=O)Nc1cc2c(-c3cc(CNS(=O)[O-])cc(N4CCOCC4)c3)cn(C)c2cn1. The number of amides is 2. The van der Waals surface area contributed by atoms with Crippen LogP contribution in [0.5, 0.6) is 0 Å². The van der Waals surface area contributed by atoms with Gasteiger partial charge in [-0.1, -0.05) is 0 Å². The molecule has 0 spiro atoms. The smallest absolute Gasteiger partial charge is 0.320 e. The van der Waals surface area contributed by atoms with Crippen molar-refractivity contribution in [2.24, 2.45) is 7.05 Å². The molecule has 1 fully saturated rings. The Labute approximate surface area is 188 Å². The van der Waals surface area contributed by atoms with Gasteiger partial charge in [-0.2, -0.15) is 0 Å². The second kappa shape index (κ2) is 9.65. The summed E-state index contributed by atoms with van der Waals surface area (Å²) in [4.78, 5) is 18.3. The van der Waals surface area contributed by atoms with Crippen LogP contribution in [0.2, 0.25) is 0 Å². The number of benzene rings is 1. The second-order valence-corrected chi connectivity index (χ2v) is 8.25. The Balaban J connectivity index is 1.79. The summed E-state index contributed by atoms with van der Waals surface area (Å²) < 4.78 is 32.0. The van der Waals surface area contributed by atoms with Crippen molar-refractivity contribution in [3.8, 4) is 11.1 Å². The largest absolute Gasteiger partial charge is 0.760 e. The molecule has 1 atom stereocenters. The summed E-state index contributed by atoms with van der Waals surface area (Å²) in [7, 11) is 3.48. The lowest BCUT2D eigenvalue weighted by atomic mass is 10.0. The minimum atomic E-state index is -2.35. The highest BCUT2D eigenvalue weighted by Crippen LogP contribution is 2.34. The first kappa shape index (κ1) is 22.2. The van der Waals surface area contributed by atoms with Crippen LogP contribution in [0.15, 0.2) is 36.7 Å². The molecule has 1 unspecified atom stereocenters. The van der Waals surface area contributed by atoms with Crippen LogP contribution in [0.4, 0.5) is 16.3 Å². The summed E-state index contributed by atoms with van der Waals surface area (Å²) in [5.74, 6) is 0.442. The lowest BCUT2D eigenvalue weighted by molar-refractivity contribution is 0.122. The first-order valence-electron chi connectivity index (χ1n) is 10.2. The number of rotatable bonds is 6. The Morgan fingerprint density at radius 2 is 2.03 bits per heavy atom. The molecule has 2 amide bonds. The van der Waals surface area contributed by atoms with Gasteiger partial charge in [0.2, 0.25) is 0 Å². The highest BCUT2D eigenvalue weighted by molar-refractivity contribution is 7.77. The highest BCUT2D eigenvalue weighted by atomic mass is 32.2. The molecular weight excluding hydrogens is 432 g/mol. The fourth-order valence-electron chi connectivity index (χ4n) is 3.83. The molecular formula is C21H25N6O4S-. The van der Waals surface area contributed by atoms with Crippen LogP contribution in [0.3, 0.4) is 0 Å². The number of morpholine rings is 1. The molecule has 0 saturated carbocycles. The van der Waals surface area contributed by atoms with Gasteiger partial charge < -0.3 is 24.1 Å². The summed E-state index contributed by atoms with van der Waals surface area (Å²) in [6, 6.07) is 7.57. The monoisotopic (exact) mass is 457 g/mol. The molecule has 32 heavy (non-hydrogen) atoms. The molecule has 3 heterocycles. The topological polar surface area (TPSA) is 124 Å². The molecule has 1 saturated heterocycles. The van der Waals surface area contributed by atoms with E-state index >= 15 is 0 Å². The third kappa shape index (κ3) is 4.91. The van der Waals surface area contributed by atoms with Gasteiger partial charge in [0, 0.05) is 67.8 Å². The van der Waals surface area contributed by atoms with Gasteiger partial charge in [-0.25, -0.2) is 14.5 Å². The number of urea groups is 1. The summed E-state index contributed by atoms with van der Waals surface area (Å²) in [5, 5.41) is 6.16. The van der Waals surface area contributed by atoms with E-state index in [0.717, 1.165) is 46.4 Å². The van der Waals surface area contributed by atoms with E-state index in [9.17, 15) is 13.6 Å². The van der Waals surface area contributed by atoms with Gasteiger partial charge in [-0.3, -0.25) is 9.53 Å². The Kier molecular flexibility index (Phi) is 6.70. The van der Waals surface area contributed by atoms with E-state index in [1.165, 1.54) is 0 Å². The molecule has 1 aromatic carbocycles. The van der Waals surface area contributed by atoms with Gasteiger partial charge in [-0.05, 0) is 35.4 Å². The second-order valence-electron chi connectivity index (χ2n) is 7.49.